The maximum atomic E-state index is 12.9. The van der Waals surface area contributed by atoms with Gasteiger partial charge in [-0.25, -0.2) is 0 Å². The van der Waals surface area contributed by atoms with Gasteiger partial charge in [-0.3, -0.25) is 14.4 Å². The van der Waals surface area contributed by atoms with Gasteiger partial charge in [-0.1, -0.05) is 264 Å². The second-order valence-corrected chi connectivity index (χ2v) is 18.8. The van der Waals surface area contributed by atoms with Gasteiger partial charge in [-0.15, -0.1) is 0 Å². The lowest BCUT2D eigenvalue weighted by atomic mass is 10.0. The molecule has 0 aromatic rings. The van der Waals surface area contributed by atoms with Gasteiger partial charge in [0.15, 0.2) is 6.10 Å². The van der Waals surface area contributed by atoms with Crippen molar-refractivity contribution < 1.29 is 28.6 Å². The third-order valence-corrected chi connectivity index (χ3v) is 11.9. The molecule has 0 aliphatic rings. The van der Waals surface area contributed by atoms with E-state index >= 15 is 0 Å². The van der Waals surface area contributed by atoms with Crippen LogP contribution in [0, 0.1) is 0 Å². The second-order valence-electron chi connectivity index (χ2n) is 18.8. The van der Waals surface area contributed by atoms with Gasteiger partial charge in [-0.2, -0.15) is 0 Å². The molecule has 1 unspecified atom stereocenters. The van der Waals surface area contributed by atoms with E-state index in [0.717, 1.165) is 96.3 Å². The van der Waals surface area contributed by atoms with Gasteiger partial charge in [-0.05, 0) is 96.3 Å². The molecule has 0 aromatic heterocycles. The van der Waals surface area contributed by atoms with Gasteiger partial charge in [0, 0.05) is 19.3 Å². The Bertz CT molecular complexity index is 1560. The van der Waals surface area contributed by atoms with Crippen molar-refractivity contribution >= 4 is 17.9 Å². The molecule has 0 bridgehead atoms. The van der Waals surface area contributed by atoms with E-state index in [1.165, 1.54) is 96.3 Å². The van der Waals surface area contributed by atoms with Gasteiger partial charge in [0.2, 0.25) is 0 Å². The number of carbonyl (C=O) groups excluding carboxylic acids is 3. The number of esters is 3. The van der Waals surface area contributed by atoms with E-state index in [1.54, 1.807) is 0 Å². The number of carbonyl (C=O) groups is 3. The summed E-state index contributed by atoms with van der Waals surface area (Å²) in [4.78, 5) is 38.1. The average molecular weight is 996 g/mol. The van der Waals surface area contributed by atoms with Crippen molar-refractivity contribution in [3.8, 4) is 0 Å². The quantitative estimate of drug-likeness (QED) is 0.0261. The Kier molecular flexibility index (Phi) is 55.5. The molecule has 6 heteroatoms. The molecule has 0 fully saturated rings. The molecule has 0 aromatic carbocycles. The van der Waals surface area contributed by atoms with Gasteiger partial charge in [0.1, 0.15) is 13.2 Å². The van der Waals surface area contributed by atoms with Crippen molar-refractivity contribution in [3.05, 3.63) is 134 Å². The molecule has 72 heavy (non-hydrogen) atoms. The summed E-state index contributed by atoms with van der Waals surface area (Å²) in [7, 11) is 0. The largest absolute Gasteiger partial charge is 0.462 e. The van der Waals surface area contributed by atoms with E-state index < -0.39 is 6.10 Å². The lowest BCUT2D eigenvalue weighted by Crippen LogP contribution is -2.30. The molecule has 406 valence electrons. The first-order chi connectivity index (χ1) is 35.5. The zero-order chi connectivity index (χ0) is 52.2. The average Bonchev–Trinajstić information content (AvgIpc) is 3.38. The van der Waals surface area contributed by atoms with Crippen LogP contribution in [0.15, 0.2) is 134 Å². The van der Waals surface area contributed by atoms with Crippen LogP contribution in [-0.4, -0.2) is 37.2 Å². The highest BCUT2D eigenvalue weighted by atomic mass is 16.6. The number of rotatable bonds is 51. The Hall–Kier alpha value is -4.45. The number of unbranched alkanes of at least 4 members (excludes halogenated alkanes) is 18. The zero-order valence-corrected chi connectivity index (χ0v) is 46.4. The first kappa shape index (κ1) is 67.5. The third-order valence-electron chi connectivity index (χ3n) is 11.9. The molecule has 6 nitrogen and oxygen atoms in total. The summed E-state index contributed by atoms with van der Waals surface area (Å²) in [5, 5.41) is 0. The third kappa shape index (κ3) is 56.5. The molecule has 0 spiro atoms. The van der Waals surface area contributed by atoms with Crippen molar-refractivity contribution in [2.45, 2.75) is 252 Å². The molecule has 0 saturated heterocycles. The summed E-state index contributed by atoms with van der Waals surface area (Å²) >= 11 is 0. The Labute approximate surface area is 443 Å². The normalized spacial score (nSPS) is 13.1. The number of ether oxygens (including phenoxy) is 3. The van der Waals surface area contributed by atoms with Crippen LogP contribution < -0.4 is 0 Å². The van der Waals surface area contributed by atoms with E-state index in [0.29, 0.717) is 19.3 Å². The van der Waals surface area contributed by atoms with Crippen LogP contribution in [0.25, 0.3) is 0 Å². The highest BCUT2D eigenvalue weighted by Gasteiger charge is 2.19. The van der Waals surface area contributed by atoms with Crippen molar-refractivity contribution in [1.82, 2.24) is 0 Å². The molecule has 0 aliphatic heterocycles. The minimum atomic E-state index is -0.834. The molecule has 0 N–H and O–H groups in total. The minimum absolute atomic E-state index is 0.133. The summed E-state index contributed by atoms with van der Waals surface area (Å²) in [6.45, 7) is 6.30. The fourth-order valence-corrected chi connectivity index (χ4v) is 7.62. The molecule has 0 aliphatic carbocycles. The highest BCUT2D eigenvalue weighted by molar-refractivity contribution is 5.71. The molecule has 0 rings (SSSR count). The molecule has 0 saturated carbocycles. The van der Waals surface area contributed by atoms with Crippen molar-refractivity contribution in [2.75, 3.05) is 13.2 Å². The van der Waals surface area contributed by atoms with Crippen molar-refractivity contribution in [1.29, 1.82) is 0 Å². The van der Waals surface area contributed by atoms with Crippen molar-refractivity contribution in [2.24, 2.45) is 0 Å². The Morgan fingerprint density at radius 3 is 0.917 bits per heavy atom. The minimum Gasteiger partial charge on any atom is -0.462 e. The van der Waals surface area contributed by atoms with Crippen LogP contribution in [0.5, 0.6) is 0 Å². The second kappa shape index (κ2) is 59.1. The maximum absolute atomic E-state index is 12.9. The Morgan fingerprint density at radius 1 is 0.292 bits per heavy atom. The summed E-state index contributed by atoms with van der Waals surface area (Å²) in [5.74, 6) is -1.07. The van der Waals surface area contributed by atoms with Crippen molar-refractivity contribution in [3.63, 3.8) is 0 Å². The van der Waals surface area contributed by atoms with Gasteiger partial charge in [0.25, 0.3) is 0 Å². The number of allylic oxidation sites excluding steroid dienone is 22. The summed E-state index contributed by atoms with van der Waals surface area (Å²) in [6.07, 6.45) is 83.3. The predicted octanol–water partition coefficient (Wildman–Crippen LogP) is 19.8. The lowest BCUT2D eigenvalue weighted by Gasteiger charge is -2.18. The van der Waals surface area contributed by atoms with Gasteiger partial charge >= 0.3 is 17.9 Å². The SMILES string of the molecule is CC/C=C\C/C=C\C/C=C\C/C=C\C/C=C\C/C=C\C/C=C\CCCC(=O)OCC(COC(=O)CC/C=C\C/C=C\C/C=C\C/C=C\CC)OC(=O)CCCCCCCCCCCCCCCCCCCC. The topological polar surface area (TPSA) is 78.9 Å². The van der Waals surface area contributed by atoms with E-state index in [1.807, 2.05) is 12.2 Å². The predicted molar refractivity (Wildman–Crippen MR) is 311 cm³/mol. The number of hydrogen-bond acceptors (Lipinski definition) is 6. The smallest absolute Gasteiger partial charge is 0.306 e. The first-order valence-corrected chi connectivity index (χ1v) is 29.2. The molecular formula is C66H106O6. The fraction of sp³-hybridized carbons (Fsp3) is 0.621. The van der Waals surface area contributed by atoms with Crippen LogP contribution in [0.2, 0.25) is 0 Å². The number of hydrogen-bond donors (Lipinski definition) is 0. The Morgan fingerprint density at radius 2 is 0.569 bits per heavy atom. The van der Waals surface area contributed by atoms with Gasteiger partial charge < -0.3 is 14.2 Å². The molecule has 1 atom stereocenters. The van der Waals surface area contributed by atoms with Crippen LogP contribution in [0.1, 0.15) is 245 Å². The Balaban J connectivity index is 4.52. The standard InChI is InChI=1S/C66H106O6/c1-4-7-10-13-16-19-22-25-27-29-31-32-33-34-35-37-38-41-44-47-50-53-56-59-65(68)71-62-63(61-70-64(67)58-55-52-49-46-43-40-24-21-18-15-12-9-6-3)72-66(69)60-57-54-51-48-45-42-39-36-30-28-26-23-20-17-14-11-8-5-2/h7,9-10,12,16,18-19,21,25,27,31-32,34-35,38,40-41,43,47,49-50,52,63H,4-6,8,11,13-15,17,20,22-24,26,28-30,33,36-37,39,42,44-46,48,51,53-62H2,1-3H3/b10-7-,12-9-,19-16-,21-18-,27-25-,32-31-,35-34-,41-38-,43-40-,50-47-,52-49-. The van der Waals surface area contributed by atoms with Gasteiger partial charge in [0.05, 0.1) is 0 Å². The molecule has 0 amide bonds. The van der Waals surface area contributed by atoms with E-state index in [4.69, 9.17) is 14.2 Å². The maximum Gasteiger partial charge on any atom is 0.306 e. The summed E-state index contributed by atoms with van der Waals surface area (Å²) in [5.41, 5.74) is 0. The molecular weight excluding hydrogens is 889 g/mol. The van der Waals surface area contributed by atoms with E-state index in [-0.39, 0.29) is 44.0 Å². The molecule has 0 radical (unpaired) electrons. The zero-order valence-electron chi connectivity index (χ0n) is 46.4. The van der Waals surface area contributed by atoms with Crippen LogP contribution in [0.3, 0.4) is 0 Å². The summed E-state index contributed by atoms with van der Waals surface area (Å²) < 4.78 is 16.7. The van der Waals surface area contributed by atoms with Crippen LogP contribution in [-0.2, 0) is 28.6 Å². The lowest BCUT2D eigenvalue weighted by molar-refractivity contribution is -0.166. The summed E-state index contributed by atoms with van der Waals surface area (Å²) in [6, 6.07) is 0. The van der Waals surface area contributed by atoms with E-state index in [9.17, 15) is 14.4 Å². The van der Waals surface area contributed by atoms with Crippen LogP contribution in [0.4, 0.5) is 0 Å². The van der Waals surface area contributed by atoms with Crippen LogP contribution >= 0.6 is 0 Å². The first-order valence-electron chi connectivity index (χ1n) is 29.2. The van der Waals surface area contributed by atoms with E-state index in [2.05, 4.69) is 142 Å². The highest BCUT2D eigenvalue weighted by Crippen LogP contribution is 2.15. The molecule has 0 heterocycles. The fourth-order valence-electron chi connectivity index (χ4n) is 7.62. The monoisotopic (exact) mass is 995 g/mol.